The minimum atomic E-state index is 0.762. The molecule has 0 bridgehead atoms. The van der Waals surface area contributed by atoms with Crippen LogP contribution in [0.2, 0.25) is 0 Å². The first-order valence-corrected chi connectivity index (χ1v) is 5.67. The Hall–Kier alpha value is -1.54. The van der Waals surface area contributed by atoms with Crippen molar-refractivity contribution in [3.05, 3.63) is 42.1 Å². The van der Waals surface area contributed by atoms with E-state index in [-0.39, 0.29) is 0 Å². The molecule has 3 rings (SSSR count). The number of pyridine rings is 1. The lowest BCUT2D eigenvalue weighted by Gasteiger charge is -2.05. The summed E-state index contributed by atoms with van der Waals surface area (Å²) in [5.41, 5.74) is 4.41. The lowest BCUT2D eigenvalue weighted by Crippen LogP contribution is -2.17. The van der Waals surface area contributed by atoms with Gasteiger partial charge in [-0.2, -0.15) is 0 Å². The number of benzene rings is 1. The van der Waals surface area contributed by atoms with Gasteiger partial charge < -0.3 is 0 Å². The Morgan fingerprint density at radius 2 is 2.07 bits per heavy atom. The largest absolute Gasteiger partial charge is 0.248 e. The maximum absolute atomic E-state index is 4.62. The van der Waals surface area contributed by atoms with Crippen LogP contribution in [0.1, 0.15) is 5.69 Å². The number of nitrogens with zero attached hydrogens (tertiary/aromatic N) is 1. The van der Waals surface area contributed by atoms with Gasteiger partial charge in [-0.1, -0.05) is 29.9 Å². The number of allylic oxidation sites excluding steroid dienone is 1. The van der Waals surface area contributed by atoms with E-state index < -0.39 is 0 Å². The normalized spacial score (nSPS) is 13.1. The van der Waals surface area contributed by atoms with E-state index in [1.54, 1.807) is 0 Å². The van der Waals surface area contributed by atoms with Crippen LogP contribution in [0.4, 0.5) is 0 Å². The van der Waals surface area contributed by atoms with Crippen LogP contribution in [0.15, 0.2) is 36.4 Å². The molecule has 14 heavy (non-hydrogen) atoms. The summed E-state index contributed by atoms with van der Waals surface area (Å²) in [5.74, 6) is 0. The second-order valence-corrected chi connectivity index (χ2v) is 4.44. The van der Waals surface area contributed by atoms with Crippen molar-refractivity contribution >= 4 is 37.0 Å². The molecule has 2 aromatic rings. The molecule has 0 amide bonds. The topological polar surface area (TPSA) is 12.9 Å². The molecule has 0 N–H and O–H groups in total. The fourth-order valence-corrected chi connectivity index (χ4v) is 2.55. The third-order valence-corrected chi connectivity index (χ3v) is 3.41. The molecular weight excluding hydrogens is 186 g/mol. The van der Waals surface area contributed by atoms with Gasteiger partial charge >= 0.3 is 0 Å². The molecule has 1 radical (unpaired) electrons. The predicted molar refractivity (Wildman–Crippen MR) is 62.2 cm³/mol. The van der Waals surface area contributed by atoms with Crippen LogP contribution < -0.4 is 5.19 Å². The lowest BCUT2D eigenvalue weighted by molar-refractivity contribution is 1.39. The predicted octanol–water partition coefficient (Wildman–Crippen LogP) is 1.39. The highest BCUT2D eigenvalue weighted by atomic mass is 28.2. The molecule has 0 spiro atoms. The number of hydrogen-bond acceptors (Lipinski definition) is 1. The van der Waals surface area contributed by atoms with Gasteiger partial charge in [0.15, 0.2) is 0 Å². The van der Waals surface area contributed by atoms with Crippen molar-refractivity contribution in [1.82, 2.24) is 4.98 Å². The van der Waals surface area contributed by atoms with Crippen molar-refractivity contribution in [3.8, 4) is 0 Å². The average Bonchev–Trinajstić information content (AvgIpc) is 2.26. The van der Waals surface area contributed by atoms with Gasteiger partial charge in [0, 0.05) is 5.39 Å². The van der Waals surface area contributed by atoms with Gasteiger partial charge in [0.25, 0.3) is 0 Å². The third-order valence-electron chi connectivity index (χ3n) is 2.34. The Morgan fingerprint density at radius 1 is 1.14 bits per heavy atom. The number of hydrogen-bond donors (Lipinski definition) is 0. The second kappa shape index (κ2) is 2.99. The summed E-state index contributed by atoms with van der Waals surface area (Å²) in [6.45, 7) is 0. The minimum Gasteiger partial charge on any atom is -0.248 e. The van der Waals surface area contributed by atoms with E-state index in [9.17, 15) is 0 Å². The molecule has 2 heteroatoms. The van der Waals surface area contributed by atoms with E-state index >= 15 is 0 Å². The van der Waals surface area contributed by atoms with E-state index in [1.165, 1.54) is 10.6 Å². The van der Waals surface area contributed by atoms with Crippen molar-refractivity contribution in [3.63, 3.8) is 0 Å². The molecule has 1 aromatic heterocycles. The summed E-state index contributed by atoms with van der Waals surface area (Å²) >= 11 is 0. The SMILES string of the molecule is C1=Cc2nc3ccccc3cc2[Si]=C1. The van der Waals surface area contributed by atoms with Gasteiger partial charge in [-0.3, -0.25) is 0 Å². The Balaban J connectivity index is 2.40. The molecule has 1 aliphatic heterocycles. The van der Waals surface area contributed by atoms with E-state index in [1.807, 2.05) is 6.07 Å². The molecule has 0 fully saturated rings. The van der Waals surface area contributed by atoms with Gasteiger partial charge in [-0.15, -0.1) is 0 Å². The van der Waals surface area contributed by atoms with Gasteiger partial charge in [-0.05, 0) is 23.4 Å². The van der Waals surface area contributed by atoms with Crippen molar-refractivity contribution < 1.29 is 0 Å². The Kier molecular flexibility index (Phi) is 1.67. The van der Waals surface area contributed by atoms with E-state index in [0.717, 1.165) is 20.3 Å². The van der Waals surface area contributed by atoms with Gasteiger partial charge in [0.2, 0.25) is 0 Å². The van der Waals surface area contributed by atoms with Gasteiger partial charge in [0.05, 0.1) is 20.3 Å². The molecule has 2 heterocycles. The smallest absolute Gasteiger partial charge is 0.0709 e. The Labute approximate surface area is 84.5 Å². The van der Waals surface area contributed by atoms with Crippen LogP contribution in [0.25, 0.3) is 17.0 Å². The van der Waals surface area contributed by atoms with Gasteiger partial charge in [-0.25, -0.2) is 4.98 Å². The van der Waals surface area contributed by atoms with E-state index in [0.29, 0.717) is 0 Å². The molecule has 0 unspecified atom stereocenters. The van der Waals surface area contributed by atoms with Crippen molar-refractivity contribution in [2.75, 3.05) is 0 Å². The fraction of sp³-hybridized carbons (Fsp3) is 0. The van der Waals surface area contributed by atoms with Crippen molar-refractivity contribution in [2.24, 2.45) is 0 Å². The highest BCUT2D eigenvalue weighted by molar-refractivity contribution is 6.64. The maximum atomic E-state index is 4.62. The maximum Gasteiger partial charge on any atom is 0.0709 e. The zero-order valence-corrected chi connectivity index (χ0v) is 8.57. The summed E-state index contributed by atoms with van der Waals surface area (Å²) in [4.78, 5) is 4.62. The summed E-state index contributed by atoms with van der Waals surface area (Å²) < 4.78 is 0. The summed E-state index contributed by atoms with van der Waals surface area (Å²) in [6, 6.07) is 10.5. The second-order valence-electron chi connectivity index (χ2n) is 3.28. The fourth-order valence-electron chi connectivity index (χ4n) is 1.65. The summed E-state index contributed by atoms with van der Waals surface area (Å²) in [7, 11) is 0.762. The highest BCUT2D eigenvalue weighted by Crippen LogP contribution is 2.11. The quantitative estimate of drug-likeness (QED) is 0.578. The van der Waals surface area contributed by atoms with Crippen LogP contribution in [0, 0.1) is 0 Å². The van der Waals surface area contributed by atoms with Crippen molar-refractivity contribution in [2.45, 2.75) is 0 Å². The monoisotopic (exact) mass is 194 g/mol. The van der Waals surface area contributed by atoms with Crippen molar-refractivity contribution in [1.29, 1.82) is 0 Å². The van der Waals surface area contributed by atoms with Crippen LogP contribution >= 0.6 is 0 Å². The number of rotatable bonds is 0. The highest BCUT2D eigenvalue weighted by Gasteiger charge is 2.03. The van der Waals surface area contributed by atoms with Crippen LogP contribution in [-0.4, -0.2) is 19.8 Å². The lowest BCUT2D eigenvalue weighted by atomic mass is 10.2. The summed E-state index contributed by atoms with van der Waals surface area (Å²) in [6.07, 6.45) is 4.17. The molecule has 1 aromatic carbocycles. The van der Waals surface area contributed by atoms with Crippen LogP contribution in [-0.2, 0) is 0 Å². The number of aromatic nitrogens is 1. The number of fused-ring (bicyclic) bond motifs is 2. The first-order chi connectivity index (χ1) is 6.93. The summed E-state index contributed by atoms with van der Waals surface area (Å²) in [5, 5.41) is 2.59. The molecular formula is C12H8NSi. The Morgan fingerprint density at radius 3 is 3.07 bits per heavy atom. The molecule has 0 saturated carbocycles. The standard InChI is InChI=1S/C12H8NSi/c1-2-5-10-9(4-1)8-12-11(13-10)6-3-7-14-12/h1-8H. The average molecular weight is 194 g/mol. The Bertz CT molecular complexity index is 505. The molecule has 0 aliphatic carbocycles. The first kappa shape index (κ1) is 7.82. The molecule has 0 atom stereocenters. The number of para-hydroxylation sites is 1. The van der Waals surface area contributed by atoms with E-state index in [4.69, 9.17) is 0 Å². The molecule has 1 nitrogen and oxygen atoms in total. The molecule has 1 aliphatic rings. The van der Waals surface area contributed by atoms with E-state index in [2.05, 4.69) is 47.1 Å². The zero-order valence-electron chi connectivity index (χ0n) is 7.57. The first-order valence-electron chi connectivity index (χ1n) is 4.60. The van der Waals surface area contributed by atoms with Crippen LogP contribution in [0.5, 0.6) is 0 Å². The van der Waals surface area contributed by atoms with Crippen LogP contribution in [0.3, 0.4) is 0 Å². The molecule has 65 valence electrons. The van der Waals surface area contributed by atoms with Gasteiger partial charge in [0.1, 0.15) is 0 Å². The zero-order chi connectivity index (χ0) is 9.38. The third kappa shape index (κ3) is 1.15. The minimum absolute atomic E-state index is 0.762. The molecule has 0 saturated heterocycles.